The van der Waals surface area contributed by atoms with Gasteiger partial charge in [-0.15, -0.1) is 0 Å². The van der Waals surface area contributed by atoms with Gasteiger partial charge in [0.2, 0.25) is 11.7 Å². The van der Waals surface area contributed by atoms with Crippen LogP contribution in [0.25, 0.3) is 11.5 Å². The summed E-state index contributed by atoms with van der Waals surface area (Å²) in [4.78, 5) is 8.74. The van der Waals surface area contributed by atoms with Crippen LogP contribution in [0.4, 0.5) is 0 Å². The summed E-state index contributed by atoms with van der Waals surface area (Å²) in [6, 6.07) is 4.16. The molecular weight excluding hydrogens is 332 g/mol. The maximum Gasteiger partial charge on any atom is 0.228 e. The smallest absolute Gasteiger partial charge is 0.228 e. The third kappa shape index (κ3) is 4.61. The topological polar surface area (TPSA) is 63.8 Å². The van der Waals surface area contributed by atoms with Gasteiger partial charge in [0, 0.05) is 23.1 Å². The van der Waals surface area contributed by atoms with Crippen LogP contribution in [-0.2, 0) is 6.42 Å². The molecule has 1 unspecified atom stereocenters. The molecule has 0 bridgehead atoms. The van der Waals surface area contributed by atoms with Crippen molar-refractivity contribution < 1.29 is 4.52 Å². The second kappa shape index (κ2) is 8.24. The highest BCUT2D eigenvalue weighted by Gasteiger charge is 2.16. The number of pyridine rings is 1. The molecule has 0 spiro atoms. The molecule has 2 heterocycles. The van der Waals surface area contributed by atoms with Gasteiger partial charge in [0.15, 0.2) is 0 Å². The van der Waals surface area contributed by atoms with Gasteiger partial charge in [0.25, 0.3) is 0 Å². The Morgan fingerprint density at radius 3 is 2.90 bits per heavy atom. The summed E-state index contributed by atoms with van der Waals surface area (Å²) < 4.78 is 6.24. The van der Waals surface area contributed by atoms with Crippen molar-refractivity contribution in [2.75, 3.05) is 6.54 Å². The lowest BCUT2D eigenvalue weighted by Gasteiger charge is -2.15. The highest BCUT2D eigenvalue weighted by atomic mass is 79.9. The van der Waals surface area contributed by atoms with E-state index >= 15 is 0 Å². The Labute approximate surface area is 133 Å². The predicted octanol–water partition coefficient (Wildman–Crippen LogP) is 3.60. The summed E-state index contributed by atoms with van der Waals surface area (Å²) in [5.74, 6) is 1.19. The third-order valence-corrected chi connectivity index (χ3v) is 3.82. The van der Waals surface area contributed by atoms with Gasteiger partial charge in [0.05, 0.1) is 0 Å². The minimum Gasteiger partial charge on any atom is -0.339 e. The lowest BCUT2D eigenvalue weighted by molar-refractivity contribution is 0.350. The fourth-order valence-corrected chi connectivity index (χ4v) is 2.60. The fourth-order valence-electron chi connectivity index (χ4n) is 2.17. The molecule has 21 heavy (non-hydrogen) atoms. The molecule has 0 aliphatic carbocycles. The summed E-state index contributed by atoms with van der Waals surface area (Å²) in [7, 11) is 0. The Kier molecular flexibility index (Phi) is 6.32. The first kappa shape index (κ1) is 16.1. The van der Waals surface area contributed by atoms with Crippen molar-refractivity contribution >= 4 is 15.9 Å². The number of hydrogen-bond acceptors (Lipinski definition) is 5. The van der Waals surface area contributed by atoms with Crippen LogP contribution in [-0.4, -0.2) is 27.7 Å². The first-order valence-corrected chi connectivity index (χ1v) is 8.20. The molecule has 0 aliphatic heterocycles. The van der Waals surface area contributed by atoms with Crippen LogP contribution in [0.1, 0.15) is 39.0 Å². The minimum absolute atomic E-state index is 0.385. The number of nitrogens with zero attached hydrogens (tertiary/aromatic N) is 3. The van der Waals surface area contributed by atoms with E-state index in [2.05, 4.69) is 50.2 Å². The number of nitrogens with one attached hydrogen (secondary N) is 1. The Morgan fingerprint density at radius 2 is 2.19 bits per heavy atom. The zero-order chi connectivity index (χ0) is 15.1. The molecule has 0 saturated heterocycles. The maximum atomic E-state index is 5.37. The molecule has 114 valence electrons. The normalized spacial score (nSPS) is 12.5. The van der Waals surface area contributed by atoms with Crippen LogP contribution in [0.15, 0.2) is 27.3 Å². The van der Waals surface area contributed by atoms with Crippen molar-refractivity contribution in [3.05, 3.63) is 28.7 Å². The van der Waals surface area contributed by atoms with Crippen molar-refractivity contribution in [2.45, 2.75) is 45.6 Å². The predicted molar refractivity (Wildman–Crippen MR) is 85.9 cm³/mol. The van der Waals surface area contributed by atoms with Crippen molar-refractivity contribution in [2.24, 2.45) is 0 Å². The number of rotatable bonds is 8. The zero-order valence-corrected chi connectivity index (χ0v) is 14.1. The molecule has 0 aromatic carbocycles. The highest BCUT2D eigenvalue weighted by molar-refractivity contribution is 9.10. The lowest BCUT2D eigenvalue weighted by atomic mass is 10.1. The zero-order valence-electron chi connectivity index (χ0n) is 12.5. The van der Waals surface area contributed by atoms with Gasteiger partial charge < -0.3 is 9.84 Å². The number of hydrogen-bond donors (Lipinski definition) is 1. The molecule has 2 aromatic heterocycles. The van der Waals surface area contributed by atoms with Crippen molar-refractivity contribution in [1.82, 2.24) is 20.4 Å². The van der Waals surface area contributed by atoms with Crippen LogP contribution >= 0.6 is 15.9 Å². The summed E-state index contributed by atoms with van der Waals surface area (Å²) >= 11 is 3.46. The van der Waals surface area contributed by atoms with Crippen molar-refractivity contribution in [3.8, 4) is 11.5 Å². The summed E-state index contributed by atoms with van der Waals surface area (Å²) in [6.07, 6.45) is 5.83. The summed E-state index contributed by atoms with van der Waals surface area (Å²) in [5.41, 5.74) is 0.709. The van der Waals surface area contributed by atoms with Gasteiger partial charge in [-0.05, 0) is 47.4 Å². The van der Waals surface area contributed by atoms with E-state index < -0.39 is 0 Å². The van der Waals surface area contributed by atoms with Gasteiger partial charge in [-0.1, -0.05) is 25.4 Å². The standard InChI is InChI=1S/C15H21BrN4O/c1-3-6-11(17-8-4-2)10-13-19-15(20-21-13)14-12(16)7-5-9-18-14/h5,7,9,11,17H,3-4,6,8,10H2,1-2H3. The van der Waals surface area contributed by atoms with Crippen LogP contribution in [0.5, 0.6) is 0 Å². The minimum atomic E-state index is 0.385. The Hall–Kier alpha value is -1.27. The van der Waals surface area contributed by atoms with E-state index in [1.807, 2.05) is 12.1 Å². The Bertz CT molecular complexity index is 558. The molecule has 0 aliphatic rings. The van der Waals surface area contributed by atoms with Crippen molar-refractivity contribution in [1.29, 1.82) is 0 Å². The maximum absolute atomic E-state index is 5.37. The molecule has 0 radical (unpaired) electrons. The number of halogens is 1. The van der Waals surface area contributed by atoms with Crippen molar-refractivity contribution in [3.63, 3.8) is 0 Å². The monoisotopic (exact) mass is 352 g/mol. The van der Waals surface area contributed by atoms with Gasteiger partial charge in [-0.2, -0.15) is 4.98 Å². The van der Waals surface area contributed by atoms with E-state index in [-0.39, 0.29) is 0 Å². The largest absolute Gasteiger partial charge is 0.339 e. The van der Waals surface area contributed by atoms with Gasteiger partial charge in [-0.25, -0.2) is 0 Å². The Morgan fingerprint density at radius 1 is 1.33 bits per heavy atom. The Balaban J connectivity index is 2.06. The molecule has 2 aromatic rings. The summed E-state index contributed by atoms with van der Waals surface area (Å²) in [5, 5.41) is 7.56. The van der Waals surface area contributed by atoms with Gasteiger partial charge >= 0.3 is 0 Å². The molecule has 0 fully saturated rings. The molecule has 5 nitrogen and oxygen atoms in total. The van der Waals surface area contributed by atoms with E-state index in [0.29, 0.717) is 23.5 Å². The number of aromatic nitrogens is 3. The molecule has 0 amide bonds. The first-order chi connectivity index (χ1) is 10.2. The second-order valence-corrected chi connectivity index (χ2v) is 5.84. The van der Waals surface area contributed by atoms with E-state index in [4.69, 9.17) is 4.52 Å². The average molecular weight is 353 g/mol. The quantitative estimate of drug-likeness (QED) is 0.786. The fraction of sp³-hybridized carbons (Fsp3) is 0.533. The highest BCUT2D eigenvalue weighted by Crippen LogP contribution is 2.23. The summed E-state index contributed by atoms with van der Waals surface area (Å²) in [6.45, 7) is 5.36. The van der Waals surface area contributed by atoms with E-state index in [1.54, 1.807) is 6.20 Å². The SMILES string of the molecule is CCCNC(CCC)Cc1nc(-c2ncccc2Br)no1. The van der Waals surface area contributed by atoms with E-state index in [9.17, 15) is 0 Å². The molecule has 6 heteroatoms. The molecule has 1 N–H and O–H groups in total. The van der Waals surface area contributed by atoms with Crippen LogP contribution in [0.3, 0.4) is 0 Å². The van der Waals surface area contributed by atoms with Crippen LogP contribution in [0.2, 0.25) is 0 Å². The first-order valence-electron chi connectivity index (χ1n) is 7.41. The average Bonchev–Trinajstić information content (AvgIpc) is 2.94. The van der Waals surface area contributed by atoms with Crippen LogP contribution in [0, 0.1) is 0 Å². The second-order valence-electron chi connectivity index (χ2n) is 4.99. The van der Waals surface area contributed by atoms with E-state index in [1.165, 1.54) is 0 Å². The van der Waals surface area contributed by atoms with Gasteiger partial charge in [-0.3, -0.25) is 4.98 Å². The molecular formula is C15H21BrN4O. The molecule has 2 rings (SSSR count). The lowest BCUT2D eigenvalue weighted by Crippen LogP contribution is -2.31. The molecule has 1 atom stereocenters. The van der Waals surface area contributed by atoms with Crippen LogP contribution < -0.4 is 5.32 Å². The van der Waals surface area contributed by atoms with Gasteiger partial charge in [0.1, 0.15) is 5.69 Å². The van der Waals surface area contributed by atoms with E-state index in [0.717, 1.165) is 36.7 Å². The molecule has 0 saturated carbocycles. The third-order valence-electron chi connectivity index (χ3n) is 3.18.